The summed E-state index contributed by atoms with van der Waals surface area (Å²) in [7, 11) is -3.50. The fourth-order valence-electron chi connectivity index (χ4n) is 1.49. The molecule has 0 bridgehead atoms. The zero-order chi connectivity index (χ0) is 18.0. The Morgan fingerprint density at radius 2 is 1.58 bits per heavy atom. The quantitative estimate of drug-likeness (QED) is 0.374. The second kappa shape index (κ2) is 9.31. The molecule has 0 saturated carbocycles. The fraction of sp³-hybridized carbons (Fsp3) is 0.333. The maximum Gasteiger partial charge on any atom is 0.348 e. The second-order valence-corrected chi connectivity index (χ2v) is 8.62. The van der Waals surface area contributed by atoms with Gasteiger partial charge in [0, 0.05) is 29.6 Å². The maximum absolute atomic E-state index is 11.2. The Labute approximate surface area is 185 Å². The van der Waals surface area contributed by atoms with Crippen LogP contribution in [-0.2, 0) is 14.8 Å². The van der Waals surface area contributed by atoms with Crippen LogP contribution < -0.4 is 4.24 Å². The summed E-state index contributed by atoms with van der Waals surface area (Å²) in [5, 5.41) is 0. The summed E-state index contributed by atoms with van der Waals surface area (Å²) in [6.45, 7) is 5.19. The van der Waals surface area contributed by atoms with E-state index in [2.05, 4.69) is 32.3 Å². The summed E-state index contributed by atoms with van der Waals surface area (Å²) in [6, 6.07) is 6.02. The van der Waals surface area contributed by atoms with Crippen LogP contribution in [0.25, 0.3) is 0 Å². The topological polar surface area (TPSA) is 86.8 Å². The number of urea groups is 1. The Bertz CT molecular complexity index is 716. The van der Waals surface area contributed by atoms with E-state index in [0.29, 0.717) is 0 Å². The van der Waals surface area contributed by atoms with E-state index in [4.69, 9.17) is 11.8 Å². The summed E-state index contributed by atoms with van der Waals surface area (Å²) in [4.78, 5) is 22.5. The van der Waals surface area contributed by atoms with Gasteiger partial charge in [-0.05, 0) is 44.7 Å². The molecule has 0 aliphatic carbocycles. The van der Waals surface area contributed by atoms with Gasteiger partial charge in [0.1, 0.15) is 5.54 Å². The Hall–Kier alpha value is 0.320. The molecule has 1 radical (unpaired) electrons. The molecule has 0 spiro atoms. The van der Waals surface area contributed by atoms with Gasteiger partial charge in [0.25, 0.3) is 15.9 Å². The van der Waals surface area contributed by atoms with Gasteiger partial charge in [-0.2, -0.15) is 3.93 Å². The first-order chi connectivity index (χ1) is 10.4. The van der Waals surface area contributed by atoms with Crippen molar-refractivity contribution in [2.75, 3.05) is 0 Å². The molecule has 1 aliphatic heterocycles. The minimum Gasteiger partial charge on any atom is -0.271 e. The summed E-state index contributed by atoms with van der Waals surface area (Å²) < 4.78 is 26.0. The molecule has 7 nitrogen and oxygen atoms in total. The van der Waals surface area contributed by atoms with E-state index in [1.165, 1.54) is 16.1 Å². The minimum absolute atomic E-state index is 0. The zero-order valence-corrected chi connectivity index (χ0v) is 20.1. The number of nitrogens with zero attached hydrogens (tertiary/aromatic N) is 2. The molecule has 1 aliphatic rings. The standard InChI is InChI=1S/C7H8ClNO2S.C5H6Br2N2O2.Na/c1-6-2-4-7(5-3-6)12(10,11)9-8;1-5(2)3(10)8(6)4(11)9(5)7;/h2-5,9H,1H3;1-2H3;. The van der Waals surface area contributed by atoms with Crippen LogP contribution in [0.15, 0.2) is 29.2 Å². The first-order valence-electron chi connectivity index (χ1n) is 6.14. The van der Waals surface area contributed by atoms with Crippen LogP contribution in [0.4, 0.5) is 4.79 Å². The molecule has 1 saturated heterocycles. The van der Waals surface area contributed by atoms with Gasteiger partial charge < -0.3 is 0 Å². The summed E-state index contributed by atoms with van der Waals surface area (Å²) in [5.74, 6) is -0.278. The first kappa shape index (κ1) is 24.3. The first-order valence-corrected chi connectivity index (χ1v) is 9.42. The molecule has 129 valence electrons. The number of aryl methyl sites for hydroxylation is 1. The van der Waals surface area contributed by atoms with Gasteiger partial charge in [0.05, 0.1) is 37.2 Å². The van der Waals surface area contributed by atoms with E-state index in [0.717, 1.165) is 9.49 Å². The number of amides is 3. The largest absolute Gasteiger partial charge is 0.348 e. The second-order valence-electron chi connectivity index (χ2n) is 5.10. The molecule has 1 heterocycles. The van der Waals surface area contributed by atoms with E-state index in [1.807, 2.05) is 6.92 Å². The number of benzene rings is 1. The fourth-order valence-corrected chi connectivity index (χ4v) is 3.46. The molecule has 0 unspecified atom stereocenters. The van der Waals surface area contributed by atoms with Gasteiger partial charge in [-0.25, -0.2) is 17.1 Å². The van der Waals surface area contributed by atoms with Crippen molar-refractivity contribution in [3.05, 3.63) is 29.8 Å². The van der Waals surface area contributed by atoms with E-state index >= 15 is 0 Å². The normalized spacial score (nSPS) is 16.4. The molecule has 3 amide bonds. The average molecular weight is 515 g/mol. The van der Waals surface area contributed by atoms with E-state index < -0.39 is 21.6 Å². The molecule has 24 heavy (non-hydrogen) atoms. The van der Waals surface area contributed by atoms with Gasteiger partial charge in [-0.3, -0.25) is 4.79 Å². The zero-order valence-electron chi connectivity index (χ0n) is 13.4. The summed E-state index contributed by atoms with van der Waals surface area (Å²) >= 11 is 10.9. The molecule has 12 heteroatoms. The molecule has 0 aromatic heterocycles. The van der Waals surface area contributed by atoms with Crippen molar-refractivity contribution < 1.29 is 18.0 Å². The Kier molecular flexibility index (Phi) is 9.44. The van der Waals surface area contributed by atoms with Crippen molar-refractivity contribution in [1.29, 1.82) is 0 Å². The van der Waals surface area contributed by atoms with E-state index in [9.17, 15) is 18.0 Å². The monoisotopic (exact) mass is 512 g/mol. The van der Waals surface area contributed by atoms with Crippen molar-refractivity contribution in [2.24, 2.45) is 0 Å². The number of nitrogens with one attached hydrogen (secondary N) is 1. The number of hydrogen-bond acceptors (Lipinski definition) is 4. The van der Waals surface area contributed by atoms with Crippen molar-refractivity contribution in [3.63, 3.8) is 0 Å². The van der Waals surface area contributed by atoms with Crippen molar-refractivity contribution >= 4 is 95.6 Å². The molecule has 1 fully saturated rings. The molecule has 2 rings (SSSR count). The van der Waals surface area contributed by atoms with Crippen LogP contribution in [0.1, 0.15) is 19.4 Å². The van der Waals surface area contributed by atoms with E-state index in [1.54, 1.807) is 30.2 Å². The van der Waals surface area contributed by atoms with Gasteiger partial charge in [-0.1, -0.05) is 17.7 Å². The smallest absolute Gasteiger partial charge is 0.271 e. The average Bonchev–Trinajstić information content (AvgIpc) is 2.64. The number of sulfonamides is 1. The van der Waals surface area contributed by atoms with E-state index in [-0.39, 0.29) is 40.4 Å². The number of rotatable bonds is 2. The Morgan fingerprint density at radius 3 is 1.83 bits per heavy atom. The van der Waals surface area contributed by atoms with Crippen molar-refractivity contribution in [1.82, 2.24) is 12.1 Å². The Morgan fingerprint density at radius 1 is 1.12 bits per heavy atom. The SMILES string of the molecule is CC1(C)C(=O)N(Br)C(=O)N1Br.Cc1ccc(S(=O)(=O)NCl)cc1.[Na]. The summed E-state index contributed by atoms with van der Waals surface area (Å²) in [6.07, 6.45) is 0. The van der Waals surface area contributed by atoms with Crippen LogP contribution in [0, 0.1) is 6.92 Å². The number of halogens is 3. The third-order valence-electron chi connectivity index (χ3n) is 2.96. The molecule has 1 N–H and O–H groups in total. The van der Waals surface area contributed by atoms with Crippen LogP contribution in [0.2, 0.25) is 0 Å². The predicted octanol–water partition coefficient (Wildman–Crippen LogP) is 2.70. The molecule has 0 atom stereocenters. The molecular weight excluding hydrogens is 500 g/mol. The third kappa shape index (κ3) is 5.41. The number of imide groups is 1. The minimum atomic E-state index is -3.50. The molecule has 1 aromatic carbocycles. The van der Waals surface area contributed by atoms with Crippen LogP contribution in [0.5, 0.6) is 0 Å². The Balaban J connectivity index is 0.000000425. The van der Waals surface area contributed by atoms with Crippen LogP contribution in [0.3, 0.4) is 0 Å². The third-order valence-corrected chi connectivity index (χ3v) is 6.48. The summed E-state index contributed by atoms with van der Waals surface area (Å²) in [5.41, 5.74) is 0.198. The van der Waals surface area contributed by atoms with Crippen molar-refractivity contribution in [3.8, 4) is 0 Å². The predicted molar refractivity (Wildman–Crippen MR) is 99.1 cm³/mol. The van der Waals surface area contributed by atoms with Crippen molar-refractivity contribution in [2.45, 2.75) is 31.2 Å². The van der Waals surface area contributed by atoms with Crippen LogP contribution >= 0.6 is 44.1 Å². The number of carbonyl (C=O) groups excluding carboxylic acids is 2. The number of carbonyl (C=O) groups is 2. The van der Waals surface area contributed by atoms with Gasteiger partial charge in [0.15, 0.2) is 0 Å². The molecule has 1 aromatic rings. The van der Waals surface area contributed by atoms with Gasteiger partial charge >= 0.3 is 6.03 Å². The van der Waals surface area contributed by atoms with Crippen LogP contribution in [-0.4, -0.2) is 63.3 Å². The van der Waals surface area contributed by atoms with Gasteiger partial charge in [0.2, 0.25) is 0 Å². The maximum atomic E-state index is 11.2. The number of hydrogen-bond donors (Lipinski definition) is 1. The van der Waals surface area contributed by atoms with Gasteiger partial charge in [-0.15, -0.1) is 4.24 Å². The molecular formula is C12H14Br2ClN3NaO4S.